The number of hydrogen-bond acceptors (Lipinski definition) is 2. The summed E-state index contributed by atoms with van der Waals surface area (Å²) in [6.45, 7) is 10.1. The van der Waals surface area contributed by atoms with Crippen LogP contribution in [0, 0.1) is 6.92 Å². The second-order valence-corrected chi connectivity index (χ2v) is 4.97. The molecule has 0 aliphatic rings. The SMILES string of the molecule is CC.CCN(CCOc1ccc(C)cc1)S(C)=O. The zero-order valence-electron chi connectivity index (χ0n) is 12.1. The molecule has 1 unspecified atom stereocenters. The Bertz CT molecular complexity index is 338. The summed E-state index contributed by atoms with van der Waals surface area (Å²) in [5.74, 6) is 0.864. The van der Waals surface area contributed by atoms with Crippen LogP contribution in [0.4, 0.5) is 0 Å². The van der Waals surface area contributed by atoms with Crippen molar-refractivity contribution in [1.29, 1.82) is 0 Å². The molecule has 0 aliphatic heterocycles. The highest BCUT2D eigenvalue weighted by molar-refractivity contribution is 7.81. The second-order valence-electron chi connectivity index (χ2n) is 3.61. The van der Waals surface area contributed by atoms with Gasteiger partial charge in [-0.25, -0.2) is 8.51 Å². The Hall–Kier alpha value is -0.870. The molecule has 0 heterocycles. The van der Waals surface area contributed by atoms with E-state index in [0.717, 1.165) is 12.3 Å². The number of ether oxygens (including phenoxy) is 1. The highest BCUT2D eigenvalue weighted by atomic mass is 32.2. The van der Waals surface area contributed by atoms with E-state index in [1.54, 1.807) is 6.26 Å². The van der Waals surface area contributed by atoms with Crippen LogP contribution in [0.2, 0.25) is 0 Å². The maximum atomic E-state index is 11.2. The largest absolute Gasteiger partial charge is 0.492 e. The lowest BCUT2D eigenvalue weighted by atomic mass is 10.2. The van der Waals surface area contributed by atoms with Crippen LogP contribution in [0.5, 0.6) is 5.75 Å². The summed E-state index contributed by atoms with van der Waals surface area (Å²) < 4.78 is 18.7. The molecule has 0 radical (unpaired) electrons. The van der Waals surface area contributed by atoms with Crippen molar-refractivity contribution in [2.24, 2.45) is 0 Å². The minimum atomic E-state index is -0.912. The molecule has 0 fully saturated rings. The normalized spacial score (nSPS) is 11.7. The molecule has 104 valence electrons. The molecule has 1 atom stereocenters. The molecule has 0 aliphatic carbocycles. The van der Waals surface area contributed by atoms with E-state index < -0.39 is 11.0 Å². The second kappa shape index (κ2) is 10.1. The Morgan fingerprint density at radius 3 is 2.22 bits per heavy atom. The van der Waals surface area contributed by atoms with Crippen molar-refractivity contribution < 1.29 is 8.95 Å². The summed E-state index contributed by atoms with van der Waals surface area (Å²) in [7, 11) is -0.912. The quantitative estimate of drug-likeness (QED) is 0.796. The van der Waals surface area contributed by atoms with Crippen molar-refractivity contribution in [1.82, 2.24) is 4.31 Å². The first-order chi connectivity index (χ1) is 8.63. The molecule has 0 aromatic heterocycles. The molecule has 0 N–H and O–H groups in total. The van der Waals surface area contributed by atoms with E-state index in [1.165, 1.54) is 5.56 Å². The van der Waals surface area contributed by atoms with Crippen molar-refractivity contribution in [3.63, 3.8) is 0 Å². The van der Waals surface area contributed by atoms with Crippen LogP contribution < -0.4 is 4.74 Å². The van der Waals surface area contributed by atoms with Gasteiger partial charge in [-0.1, -0.05) is 38.5 Å². The van der Waals surface area contributed by atoms with Gasteiger partial charge in [-0.05, 0) is 19.1 Å². The van der Waals surface area contributed by atoms with E-state index in [4.69, 9.17) is 4.74 Å². The summed E-state index contributed by atoms with van der Waals surface area (Å²) in [6, 6.07) is 7.94. The summed E-state index contributed by atoms with van der Waals surface area (Å²) >= 11 is 0. The minimum absolute atomic E-state index is 0.566. The lowest BCUT2D eigenvalue weighted by molar-refractivity contribution is 0.281. The van der Waals surface area contributed by atoms with Crippen LogP contribution in [0.1, 0.15) is 26.3 Å². The number of aryl methyl sites for hydroxylation is 1. The van der Waals surface area contributed by atoms with Crippen LogP contribution >= 0.6 is 0 Å². The molecule has 3 nitrogen and oxygen atoms in total. The van der Waals surface area contributed by atoms with Crippen molar-refractivity contribution >= 4 is 11.0 Å². The fraction of sp³-hybridized carbons (Fsp3) is 0.571. The van der Waals surface area contributed by atoms with E-state index in [1.807, 2.05) is 56.3 Å². The minimum Gasteiger partial charge on any atom is -0.492 e. The Morgan fingerprint density at radius 1 is 1.22 bits per heavy atom. The van der Waals surface area contributed by atoms with Gasteiger partial charge in [-0.15, -0.1) is 0 Å². The molecule has 0 saturated carbocycles. The summed E-state index contributed by atoms with van der Waals surface area (Å²) in [5, 5.41) is 0. The molecule has 1 rings (SSSR count). The van der Waals surface area contributed by atoms with Gasteiger partial charge in [0.1, 0.15) is 12.4 Å². The smallest absolute Gasteiger partial charge is 0.119 e. The zero-order chi connectivity index (χ0) is 14.0. The predicted molar refractivity (Wildman–Crippen MR) is 79.3 cm³/mol. The van der Waals surface area contributed by atoms with Crippen molar-refractivity contribution in [2.75, 3.05) is 26.0 Å². The Kier molecular flexibility index (Phi) is 9.60. The maximum Gasteiger partial charge on any atom is 0.119 e. The van der Waals surface area contributed by atoms with Crippen LogP contribution in [0.3, 0.4) is 0 Å². The molecular formula is C14H25NO2S. The van der Waals surface area contributed by atoms with Crippen LogP contribution in [0.25, 0.3) is 0 Å². The molecular weight excluding hydrogens is 246 g/mol. The first kappa shape index (κ1) is 17.1. The third-order valence-corrected chi connectivity index (χ3v) is 3.51. The van der Waals surface area contributed by atoms with Crippen molar-refractivity contribution in [3.8, 4) is 5.75 Å². The van der Waals surface area contributed by atoms with E-state index in [-0.39, 0.29) is 0 Å². The Balaban J connectivity index is 0.00000137. The van der Waals surface area contributed by atoms with E-state index in [9.17, 15) is 4.21 Å². The third-order valence-electron chi connectivity index (χ3n) is 2.35. The molecule has 0 saturated heterocycles. The van der Waals surface area contributed by atoms with Gasteiger partial charge in [0.15, 0.2) is 0 Å². The van der Waals surface area contributed by atoms with Crippen LogP contribution in [-0.4, -0.2) is 34.5 Å². The fourth-order valence-electron chi connectivity index (χ4n) is 1.37. The maximum absolute atomic E-state index is 11.2. The average molecular weight is 271 g/mol. The topological polar surface area (TPSA) is 29.5 Å². The monoisotopic (exact) mass is 271 g/mol. The van der Waals surface area contributed by atoms with Gasteiger partial charge in [0.2, 0.25) is 0 Å². The Labute approximate surface area is 114 Å². The molecule has 1 aromatic carbocycles. The van der Waals surface area contributed by atoms with Gasteiger partial charge in [0, 0.05) is 19.3 Å². The number of nitrogens with zero attached hydrogens (tertiary/aromatic N) is 1. The van der Waals surface area contributed by atoms with Gasteiger partial charge in [-0.3, -0.25) is 0 Å². The van der Waals surface area contributed by atoms with Crippen molar-refractivity contribution in [3.05, 3.63) is 29.8 Å². The summed E-state index contributed by atoms with van der Waals surface area (Å²) in [6.07, 6.45) is 1.69. The first-order valence-corrected chi connectivity index (χ1v) is 7.93. The molecule has 1 aromatic rings. The fourth-order valence-corrected chi connectivity index (χ4v) is 2.06. The highest BCUT2D eigenvalue weighted by Crippen LogP contribution is 2.11. The summed E-state index contributed by atoms with van der Waals surface area (Å²) in [4.78, 5) is 0. The molecule has 0 amide bonds. The van der Waals surface area contributed by atoms with E-state index >= 15 is 0 Å². The number of hydrogen-bond donors (Lipinski definition) is 0. The number of benzene rings is 1. The lowest BCUT2D eigenvalue weighted by Gasteiger charge is -2.16. The number of likely N-dealkylation sites (N-methyl/N-ethyl adjacent to an activating group) is 1. The number of rotatable bonds is 6. The molecule has 18 heavy (non-hydrogen) atoms. The van der Waals surface area contributed by atoms with Gasteiger partial charge in [-0.2, -0.15) is 0 Å². The van der Waals surface area contributed by atoms with Crippen molar-refractivity contribution in [2.45, 2.75) is 27.7 Å². The summed E-state index contributed by atoms with van der Waals surface area (Å²) in [5.41, 5.74) is 1.22. The average Bonchev–Trinajstić information content (AvgIpc) is 2.39. The van der Waals surface area contributed by atoms with Gasteiger partial charge >= 0.3 is 0 Å². The Morgan fingerprint density at radius 2 is 1.78 bits per heavy atom. The highest BCUT2D eigenvalue weighted by Gasteiger charge is 2.05. The van der Waals surface area contributed by atoms with Crippen LogP contribution in [-0.2, 0) is 11.0 Å². The van der Waals surface area contributed by atoms with Gasteiger partial charge < -0.3 is 4.74 Å². The van der Waals surface area contributed by atoms with E-state index in [2.05, 4.69) is 0 Å². The molecule has 4 heteroatoms. The first-order valence-electron chi connectivity index (χ1n) is 6.41. The van der Waals surface area contributed by atoms with Gasteiger partial charge in [0.25, 0.3) is 0 Å². The zero-order valence-corrected chi connectivity index (χ0v) is 12.9. The standard InChI is InChI=1S/C12H19NO2S.C2H6/c1-4-13(16(3)14)9-10-15-12-7-5-11(2)6-8-12;1-2/h5-8H,4,9-10H2,1-3H3;1-2H3. The van der Waals surface area contributed by atoms with E-state index in [0.29, 0.717) is 13.2 Å². The van der Waals surface area contributed by atoms with Gasteiger partial charge in [0.05, 0.1) is 11.0 Å². The molecule has 0 bridgehead atoms. The third kappa shape index (κ3) is 6.77. The van der Waals surface area contributed by atoms with Crippen LogP contribution in [0.15, 0.2) is 24.3 Å². The lowest BCUT2D eigenvalue weighted by Crippen LogP contribution is -2.29. The molecule has 0 spiro atoms. The predicted octanol–water partition coefficient (Wildman–Crippen LogP) is 3.02.